The lowest BCUT2D eigenvalue weighted by Gasteiger charge is -2.03. The van der Waals surface area contributed by atoms with Gasteiger partial charge in [0.05, 0.1) is 6.21 Å². The molecule has 1 N–H and O–H groups in total. The summed E-state index contributed by atoms with van der Waals surface area (Å²) in [5.41, 5.74) is 1.83. The number of halogens is 2. The second-order valence-electron chi connectivity index (χ2n) is 4.44. The van der Waals surface area contributed by atoms with Crippen LogP contribution in [-0.2, 0) is 0 Å². The minimum absolute atomic E-state index is 0.427. The molecule has 0 saturated heterocycles. The molecule has 0 atom stereocenters. The van der Waals surface area contributed by atoms with Crippen molar-refractivity contribution in [2.24, 2.45) is 5.10 Å². The zero-order valence-electron chi connectivity index (χ0n) is 11.2. The summed E-state index contributed by atoms with van der Waals surface area (Å²) < 4.78 is 2.94. The van der Waals surface area contributed by atoms with Crippen LogP contribution >= 0.6 is 39.7 Å². The topological polar surface area (TPSA) is 46.0 Å². The Kier molecular flexibility index (Phi) is 4.52. The molecule has 3 aromatic rings. The summed E-state index contributed by atoms with van der Waals surface area (Å²) in [6.45, 7) is 0. The van der Waals surface area contributed by atoms with E-state index >= 15 is 0 Å². The maximum absolute atomic E-state index is 5.87. The third-order valence-corrected chi connectivity index (χ3v) is 4.17. The Morgan fingerprint density at radius 2 is 1.91 bits per heavy atom. The number of hydrogen-bond acceptors (Lipinski definition) is 3. The van der Waals surface area contributed by atoms with Crippen LogP contribution < -0.4 is 0 Å². The first-order valence-electron chi connectivity index (χ1n) is 6.37. The fraction of sp³-hybridized carbons (Fsp3) is 0. The number of aromatic nitrogens is 3. The number of nitrogens with one attached hydrogen (secondary N) is 1. The van der Waals surface area contributed by atoms with Gasteiger partial charge < -0.3 is 0 Å². The first kappa shape index (κ1) is 15.1. The fourth-order valence-corrected chi connectivity index (χ4v) is 2.66. The zero-order valence-corrected chi connectivity index (χ0v) is 14.4. The Hall–Kier alpha value is -1.76. The smallest absolute Gasteiger partial charge is 0.216 e. The van der Waals surface area contributed by atoms with Gasteiger partial charge in [-0.2, -0.15) is 14.9 Å². The lowest BCUT2D eigenvalue weighted by molar-refractivity contribution is 0.871. The van der Waals surface area contributed by atoms with Crippen molar-refractivity contribution in [3.63, 3.8) is 0 Å². The second-order valence-corrected chi connectivity index (χ2v) is 6.12. The highest BCUT2D eigenvalue weighted by atomic mass is 79.9. The van der Waals surface area contributed by atoms with E-state index in [-0.39, 0.29) is 0 Å². The first-order chi connectivity index (χ1) is 10.6. The Morgan fingerprint density at radius 1 is 1.18 bits per heavy atom. The van der Waals surface area contributed by atoms with Crippen LogP contribution in [0.2, 0.25) is 5.02 Å². The van der Waals surface area contributed by atoms with Crippen LogP contribution in [0.3, 0.4) is 0 Å². The molecule has 0 amide bonds. The molecule has 0 spiro atoms. The normalized spacial score (nSPS) is 11.2. The van der Waals surface area contributed by atoms with Gasteiger partial charge in [0.1, 0.15) is 0 Å². The first-order valence-corrected chi connectivity index (χ1v) is 7.95. The molecule has 0 bridgehead atoms. The molecule has 0 radical (unpaired) electrons. The fourth-order valence-electron chi connectivity index (χ4n) is 1.89. The summed E-state index contributed by atoms with van der Waals surface area (Å²) in [6, 6.07) is 15.2. The molecular weight excluding hydrogens is 384 g/mol. The van der Waals surface area contributed by atoms with Gasteiger partial charge in [0, 0.05) is 15.1 Å². The predicted octanol–water partition coefficient (Wildman–Crippen LogP) is 4.91. The number of benzene rings is 2. The van der Waals surface area contributed by atoms with Gasteiger partial charge in [-0.3, -0.25) is 0 Å². The summed E-state index contributed by atoms with van der Waals surface area (Å²) in [7, 11) is 0. The van der Waals surface area contributed by atoms with Crippen molar-refractivity contribution >= 4 is 46.0 Å². The summed E-state index contributed by atoms with van der Waals surface area (Å²) in [5.74, 6) is 0.641. The van der Waals surface area contributed by atoms with Gasteiger partial charge >= 0.3 is 0 Å². The molecule has 0 aliphatic carbocycles. The molecule has 0 aliphatic heterocycles. The Balaban J connectivity index is 2.02. The lowest BCUT2D eigenvalue weighted by atomic mass is 10.2. The van der Waals surface area contributed by atoms with E-state index in [4.69, 9.17) is 23.8 Å². The van der Waals surface area contributed by atoms with Crippen LogP contribution in [0, 0.1) is 4.77 Å². The number of nitrogens with zero attached hydrogens (tertiary/aromatic N) is 3. The summed E-state index contributed by atoms with van der Waals surface area (Å²) >= 11 is 14.6. The van der Waals surface area contributed by atoms with E-state index in [1.807, 2.05) is 48.5 Å². The van der Waals surface area contributed by atoms with Crippen molar-refractivity contribution in [2.75, 3.05) is 0 Å². The van der Waals surface area contributed by atoms with Gasteiger partial charge in [-0.05, 0) is 42.0 Å². The van der Waals surface area contributed by atoms with Crippen molar-refractivity contribution in [1.82, 2.24) is 14.9 Å². The Labute approximate surface area is 145 Å². The molecule has 3 rings (SSSR count). The molecule has 0 saturated carbocycles. The minimum atomic E-state index is 0.427. The summed E-state index contributed by atoms with van der Waals surface area (Å²) in [6.07, 6.45) is 1.71. The summed E-state index contributed by atoms with van der Waals surface area (Å²) in [5, 5.41) is 12.1. The average Bonchev–Trinajstić information content (AvgIpc) is 2.88. The molecule has 4 nitrogen and oxygen atoms in total. The predicted molar refractivity (Wildman–Crippen MR) is 95.0 cm³/mol. The highest BCUT2D eigenvalue weighted by Crippen LogP contribution is 2.26. The van der Waals surface area contributed by atoms with Crippen LogP contribution in [0.5, 0.6) is 0 Å². The van der Waals surface area contributed by atoms with E-state index in [0.29, 0.717) is 15.6 Å². The number of H-pyrrole nitrogens is 1. The van der Waals surface area contributed by atoms with Crippen molar-refractivity contribution in [1.29, 1.82) is 0 Å². The number of hydrogen-bond donors (Lipinski definition) is 1. The van der Waals surface area contributed by atoms with Crippen LogP contribution in [0.1, 0.15) is 5.56 Å². The highest BCUT2D eigenvalue weighted by molar-refractivity contribution is 9.10. The number of aromatic amines is 1. The van der Waals surface area contributed by atoms with Crippen molar-refractivity contribution in [2.45, 2.75) is 0 Å². The van der Waals surface area contributed by atoms with Gasteiger partial charge in [0.25, 0.3) is 0 Å². The van der Waals surface area contributed by atoms with Gasteiger partial charge in [-0.25, -0.2) is 5.10 Å². The SMILES string of the molecule is S=c1[nH]nc(-c2ccccc2Br)n1/N=C/c1ccc(Cl)cc1. The van der Waals surface area contributed by atoms with Gasteiger partial charge in [-0.15, -0.1) is 0 Å². The van der Waals surface area contributed by atoms with E-state index in [0.717, 1.165) is 15.6 Å². The molecule has 22 heavy (non-hydrogen) atoms. The Morgan fingerprint density at radius 3 is 2.64 bits per heavy atom. The average molecular weight is 394 g/mol. The van der Waals surface area contributed by atoms with Crippen LogP contribution in [0.25, 0.3) is 11.4 Å². The van der Waals surface area contributed by atoms with Gasteiger partial charge in [0.2, 0.25) is 4.77 Å². The monoisotopic (exact) mass is 392 g/mol. The van der Waals surface area contributed by atoms with E-state index < -0.39 is 0 Å². The maximum Gasteiger partial charge on any atom is 0.216 e. The summed E-state index contributed by atoms with van der Waals surface area (Å²) in [4.78, 5) is 0. The molecular formula is C15H10BrClN4S. The van der Waals surface area contributed by atoms with Crippen LogP contribution in [0.15, 0.2) is 58.1 Å². The Bertz CT molecular complexity index is 883. The van der Waals surface area contributed by atoms with Crippen molar-refractivity contribution < 1.29 is 0 Å². The van der Waals surface area contributed by atoms with Gasteiger partial charge in [-0.1, -0.05) is 51.8 Å². The molecule has 7 heteroatoms. The molecule has 110 valence electrons. The highest BCUT2D eigenvalue weighted by Gasteiger charge is 2.10. The molecule has 2 aromatic carbocycles. The van der Waals surface area contributed by atoms with E-state index in [1.54, 1.807) is 10.9 Å². The standard InChI is InChI=1S/C15H10BrClN4S/c16-13-4-2-1-3-12(13)14-19-20-15(22)21(14)18-9-10-5-7-11(17)8-6-10/h1-9H,(H,20,22)/b18-9+. The zero-order chi connectivity index (χ0) is 15.5. The molecule has 1 heterocycles. The van der Waals surface area contributed by atoms with Crippen LogP contribution in [0.4, 0.5) is 0 Å². The quantitative estimate of drug-likeness (QED) is 0.508. The molecule has 0 unspecified atom stereocenters. The third kappa shape index (κ3) is 3.19. The molecule has 0 aliphatic rings. The van der Waals surface area contributed by atoms with E-state index in [9.17, 15) is 0 Å². The van der Waals surface area contributed by atoms with Gasteiger partial charge in [0.15, 0.2) is 5.82 Å². The number of rotatable bonds is 3. The van der Waals surface area contributed by atoms with Crippen molar-refractivity contribution in [3.05, 3.63) is 68.4 Å². The molecule has 0 fully saturated rings. The largest absolute Gasteiger partial charge is 0.250 e. The lowest BCUT2D eigenvalue weighted by Crippen LogP contribution is -1.95. The van der Waals surface area contributed by atoms with E-state index in [1.165, 1.54) is 0 Å². The van der Waals surface area contributed by atoms with Crippen molar-refractivity contribution in [3.8, 4) is 11.4 Å². The third-order valence-electron chi connectivity index (χ3n) is 2.96. The molecule has 1 aromatic heterocycles. The van der Waals surface area contributed by atoms with E-state index in [2.05, 4.69) is 31.2 Å². The maximum atomic E-state index is 5.87. The minimum Gasteiger partial charge on any atom is -0.250 e. The second kappa shape index (κ2) is 6.56. The van der Waals surface area contributed by atoms with Crippen LogP contribution in [-0.4, -0.2) is 21.1 Å².